The van der Waals surface area contributed by atoms with E-state index in [1.54, 1.807) is 6.20 Å². The van der Waals surface area contributed by atoms with Crippen molar-refractivity contribution in [3.05, 3.63) is 35.0 Å². The monoisotopic (exact) mass is 356 g/mol. The number of rotatable bonds is 4. The van der Waals surface area contributed by atoms with E-state index in [-0.39, 0.29) is 5.54 Å². The first-order valence-corrected chi connectivity index (χ1v) is 9.81. The summed E-state index contributed by atoms with van der Waals surface area (Å²) in [5.41, 5.74) is 3.47. The number of aromatic nitrogens is 1. The number of allylic oxidation sites excluding steroid dienone is 1. The second-order valence-electron chi connectivity index (χ2n) is 7.88. The molecule has 142 valence electrons. The first-order valence-electron chi connectivity index (χ1n) is 9.81. The van der Waals surface area contributed by atoms with E-state index in [2.05, 4.69) is 40.0 Å². The molecule has 2 aliphatic rings. The molecule has 0 saturated carbocycles. The number of likely N-dealkylation sites (tertiary alicyclic amines) is 1. The van der Waals surface area contributed by atoms with Gasteiger partial charge in [-0.15, -0.1) is 0 Å². The maximum absolute atomic E-state index is 10.9. The Morgan fingerprint density at radius 1 is 1.27 bits per heavy atom. The molecule has 3 rings (SSSR count). The van der Waals surface area contributed by atoms with Gasteiger partial charge in [0, 0.05) is 56.6 Å². The largest absolute Gasteiger partial charge is 0.355 e. The number of hydrogen-bond donors (Lipinski definition) is 1. The number of carbonyl (C=O) groups excluding carboxylic acids is 1. The molecule has 0 bridgehead atoms. The molecule has 2 saturated heterocycles. The van der Waals surface area contributed by atoms with Crippen LogP contribution in [-0.4, -0.2) is 61.0 Å². The molecule has 1 aromatic heterocycles. The summed E-state index contributed by atoms with van der Waals surface area (Å²) >= 11 is 0. The normalized spacial score (nSPS) is 21.7. The van der Waals surface area contributed by atoms with Crippen molar-refractivity contribution in [3.8, 4) is 0 Å². The van der Waals surface area contributed by atoms with Gasteiger partial charge in [0.05, 0.1) is 0 Å². The fourth-order valence-electron chi connectivity index (χ4n) is 4.21. The van der Waals surface area contributed by atoms with Gasteiger partial charge < -0.3 is 10.2 Å². The number of aldehydes is 1. The zero-order chi connectivity index (χ0) is 18.6. The van der Waals surface area contributed by atoms with Crippen molar-refractivity contribution in [1.29, 1.82) is 0 Å². The lowest BCUT2D eigenvalue weighted by Gasteiger charge is -2.42. The number of aryl methyl sites for hydroxylation is 1. The molecule has 0 atom stereocenters. The van der Waals surface area contributed by atoms with Crippen LogP contribution in [-0.2, 0) is 0 Å². The fraction of sp³-hybridized carbons (Fsp3) is 0.619. The van der Waals surface area contributed by atoms with Crippen LogP contribution in [0.3, 0.4) is 0 Å². The lowest BCUT2D eigenvalue weighted by atomic mass is 9.84. The molecule has 5 nitrogen and oxygen atoms in total. The van der Waals surface area contributed by atoms with Crippen LogP contribution in [0.4, 0.5) is 5.82 Å². The number of nitrogens with one attached hydrogen (secondary N) is 1. The maximum Gasteiger partial charge on any atom is 0.151 e. The number of piperidine rings is 1. The lowest BCUT2D eigenvalue weighted by Crippen LogP contribution is -2.53. The Kier molecular flexibility index (Phi) is 6.09. The first kappa shape index (κ1) is 19.1. The van der Waals surface area contributed by atoms with Crippen LogP contribution in [0.1, 0.15) is 49.0 Å². The molecule has 0 radical (unpaired) electrons. The third-order valence-corrected chi connectivity index (χ3v) is 6.03. The predicted octanol–water partition coefficient (Wildman–Crippen LogP) is 2.80. The van der Waals surface area contributed by atoms with Crippen molar-refractivity contribution in [2.75, 3.05) is 44.2 Å². The predicted molar refractivity (Wildman–Crippen MR) is 107 cm³/mol. The van der Waals surface area contributed by atoms with E-state index < -0.39 is 0 Å². The van der Waals surface area contributed by atoms with Crippen LogP contribution < -0.4 is 10.2 Å². The number of carbonyl (C=O) groups is 1. The summed E-state index contributed by atoms with van der Waals surface area (Å²) in [5, 5.41) is 3.86. The zero-order valence-electron chi connectivity index (χ0n) is 16.4. The molecule has 0 aromatic carbocycles. The van der Waals surface area contributed by atoms with Crippen molar-refractivity contribution in [2.24, 2.45) is 0 Å². The maximum atomic E-state index is 10.9. The summed E-state index contributed by atoms with van der Waals surface area (Å²) in [6.45, 7) is 12.8. The van der Waals surface area contributed by atoms with E-state index in [1.807, 2.05) is 13.0 Å². The Morgan fingerprint density at radius 2 is 2.00 bits per heavy atom. The molecule has 0 unspecified atom stereocenters. The Labute approximate surface area is 157 Å². The Hall–Kier alpha value is -1.72. The third-order valence-electron chi connectivity index (χ3n) is 6.03. The van der Waals surface area contributed by atoms with Gasteiger partial charge in [0.15, 0.2) is 6.29 Å². The third kappa shape index (κ3) is 4.33. The molecule has 5 heteroatoms. The first-order chi connectivity index (χ1) is 12.5. The van der Waals surface area contributed by atoms with Crippen molar-refractivity contribution in [2.45, 2.75) is 45.6 Å². The van der Waals surface area contributed by atoms with Gasteiger partial charge in [-0.05, 0) is 51.7 Å². The van der Waals surface area contributed by atoms with Gasteiger partial charge in [-0.25, -0.2) is 4.98 Å². The summed E-state index contributed by atoms with van der Waals surface area (Å²) in [6.07, 6.45) is 8.36. The minimum absolute atomic E-state index is 0.270. The number of hydrogen-bond acceptors (Lipinski definition) is 5. The molecule has 0 amide bonds. The van der Waals surface area contributed by atoms with E-state index in [0.29, 0.717) is 5.56 Å². The van der Waals surface area contributed by atoms with Crippen LogP contribution in [0, 0.1) is 6.92 Å². The zero-order valence-corrected chi connectivity index (χ0v) is 16.4. The molecule has 2 fully saturated rings. The molecule has 1 spiro atoms. The van der Waals surface area contributed by atoms with E-state index in [9.17, 15) is 4.79 Å². The highest BCUT2D eigenvalue weighted by Crippen LogP contribution is 2.29. The van der Waals surface area contributed by atoms with Crippen LogP contribution in [0.5, 0.6) is 0 Å². The van der Waals surface area contributed by atoms with Gasteiger partial charge in [-0.2, -0.15) is 0 Å². The van der Waals surface area contributed by atoms with Crippen molar-refractivity contribution in [3.63, 3.8) is 0 Å². The van der Waals surface area contributed by atoms with E-state index >= 15 is 0 Å². The van der Waals surface area contributed by atoms with E-state index in [0.717, 1.165) is 50.3 Å². The second-order valence-corrected chi connectivity index (χ2v) is 7.88. The van der Waals surface area contributed by atoms with Gasteiger partial charge in [0.2, 0.25) is 0 Å². The van der Waals surface area contributed by atoms with Gasteiger partial charge >= 0.3 is 0 Å². The van der Waals surface area contributed by atoms with Gasteiger partial charge in [-0.1, -0.05) is 11.6 Å². The Morgan fingerprint density at radius 3 is 2.65 bits per heavy atom. The molecule has 1 aromatic rings. The van der Waals surface area contributed by atoms with Gasteiger partial charge in [0.25, 0.3) is 0 Å². The van der Waals surface area contributed by atoms with Crippen molar-refractivity contribution < 1.29 is 4.79 Å². The Bertz CT molecular complexity index is 662. The SMILES string of the molecule is C/C=C(\C)CN1CCC2(CC1)CCN(c1ncc(C=O)cc1C)CCN2. The number of anilines is 1. The molecular formula is C21H32N4O. The average molecular weight is 357 g/mol. The topological polar surface area (TPSA) is 48.5 Å². The quantitative estimate of drug-likeness (QED) is 0.664. The lowest BCUT2D eigenvalue weighted by molar-refractivity contribution is 0.112. The molecule has 0 aliphatic carbocycles. The molecule has 26 heavy (non-hydrogen) atoms. The summed E-state index contributed by atoms with van der Waals surface area (Å²) in [6, 6.07) is 1.94. The highest BCUT2D eigenvalue weighted by molar-refractivity contribution is 5.75. The van der Waals surface area contributed by atoms with Gasteiger partial charge in [0.1, 0.15) is 5.82 Å². The second kappa shape index (κ2) is 8.31. The van der Waals surface area contributed by atoms with Crippen molar-refractivity contribution in [1.82, 2.24) is 15.2 Å². The molecular weight excluding hydrogens is 324 g/mol. The van der Waals surface area contributed by atoms with Crippen LogP contribution in [0.25, 0.3) is 0 Å². The highest BCUT2D eigenvalue weighted by atomic mass is 16.1. The minimum atomic E-state index is 0.270. The molecule has 1 N–H and O–H groups in total. The molecule has 2 aliphatic heterocycles. The van der Waals surface area contributed by atoms with E-state index in [4.69, 9.17) is 0 Å². The van der Waals surface area contributed by atoms with E-state index in [1.165, 1.54) is 31.5 Å². The summed E-state index contributed by atoms with van der Waals surface area (Å²) in [7, 11) is 0. The fourth-order valence-corrected chi connectivity index (χ4v) is 4.21. The van der Waals surface area contributed by atoms with Gasteiger partial charge in [-0.3, -0.25) is 9.69 Å². The number of pyridine rings is 1. The number of nitrogens with zero attached hydrogens (tertiary/aromatic N) is 3. The van der Waals surface area contributed by atoms with Crippen LogP contribution >= 0.6 is 0 Å². The standard InChI is InChI=1S/C21H32N4O/c1-4-17(2)15-24-9-5-21(6-10-24)7-11-25(12-8-23-21)20-18(3)13-19(16-26)14-22-20/h4,13-14,16,23H,5-12,15H2,1-3H3/b17-4+. The highest BCUT2D eigenvalue weighted by Gasteiger charge is 2.36. The summed E-state index contributed by atoms with van der Waals surface area (Å²) < 4.78 is 0. The molecule has 3 heterocycles. The van der Waals surface area contributed by atoms with Crippen LogP contribution in [0.2, 0.25) is 0 Å². The Balaban J connectivity index is 1.61. The smallest absolute Gasteiger partial charge is 0.151 e. The summed E-state index contributed by atoms with van der Waals surface area (Å²) in [4.78, 5) is 20.5. The van der Waals surface area contributed by atoms with Crippen molar-refractivity contribution >= 4 is 12.1 Å². The average Bonchev–Trinajstić information content (AvgIpc) is 2.86. The van der Waals surface area contributed by atoms with Crippen LogP contribution in [0.15, 0.2) is 23.9 Å². The summed E-state index contributed by atoms with van der Waals surface area (Å²) in [5.74, 6) is 1.02. The minimum Gasteiger partial charge on any atom is -0.355 e.